The van der Waals surface area contributed by atoms with Crippen molar-refractivity contribution in [2.45, 2.75) is 19.4 Å². The molecule has 0 saturated carbocycles. The number of nitrogens with zero attached hydrogens (tertiary/aromatic N) is 1. The van der Waals surface area contributed by atoms with Gasteiger partial charge in [0.25, 0.3) is 0 Å². The summed E-state index contributed by atoms with van der Waals surface area (Å²) in [5, 5.41) is 17.4. The predicted octanol–water partition coefficient (Wildman–Crippen LogP) is 0.948. The van der Waals surface area contributed by atoms with Crippen molar-refractivity contribution in [2.24, 2.45) is 0 Å². The van der Waals surface area contributed by atoms with E-state index in [0.29, 0.717) is 0 Å². The number of aliphatic hydroxyl groups excluding tert-OH is 1. The molecule has 0 aliphatic rings. The number of ether oxygens (including phenoxy) is 1. The fourth-order valence-electron chi connectivity index (χ4n) is 1.87. The molecule has 0 bridgehead atoms. The molecule has 0 aliphatic heterocycles. The molecule has 5 nitrogen and oxygen atoms in total. The lowest BCUT2D eigenvalue weighted by Gasteiger charge is -2.09. The zero-order chi connectivity index (χ0) is 12.4. The van der Waals surface area contributed by atoms with Crippen molar-refractivity contribution in [3.8, 4) is 0 Å². The van der Waals surface area contributed by atoms with Crippen LogP contribution in [0.15, 0.2) is 18.3 Å². The number of nitrogens with one attached hydrogen (secondary N) is 1. The first-order chi connectivity index (χ1) is 8.11. The van der Waals surface area contributed by atoms with Crippen LogP contribution in [0.5, 0.6) is 0 Å². The second-order valence-corrected chi connectivity index (χ2v) is 3.99. The molecule has 2 N–H and O–H groups in total. The number of aromatic amines is 1. The van der Waals surface area contributed by atoms with Crippen LogP contribution in [-0.2, 0) is 16.0 Å². The lowest BCUT2D eigenvalue weighted by molar-refractivity contribution is -0.150. The average Bonchev–Trinajstić information content (AvgIpc) is 2.76. The maximum atomic E-state index is 11.1. The normalized spacial score (nSPS) is 12.6. The van der Waals surface area contributed by atoms with E-state index in [4.69, 9.17) is 0 Å². The van der Waals surface area contributed by atoms with Crippen LogP contribution in [0.25, 0.3) is 10.9 Å². The van der Waals surface area contributed by atoms with Gasteiger partial charge in [-0.3, -0.25) is 5.10 Å². The van der Waals surface area contributed by atoms with Crippen LogP contribution in [0.4, 0.5) is 0 Å². The first kappa shape index (κ1) is 11.6. The summed E-state index contributed by atoms with van der Waals surface area (Å²) < 4.78 is 4.48. The topological polar surface area (TPSA) is 75.2 Å². The van der Waals surface area contributed by atoms with Gasteiger partial charge in [-0.05, 0) is 24.1 Å². The van der Waals surface area contributed by atoms with Gasteiger partial charge in [0.1, 0.15) is 0 Å². The summed E-state index contributed by atoms with van der Waals surface area (Å²) in [5.41, 5.74) is 2.89. The molecule has 0 radical (unpaired) electrons. The maximum absolute atomic E-state index is 11.1. The van der Waals surface area contributed by atoms with Crippen LogP contribution in [0.3, 0.4) is 0 Å². The van der Waals surface area contributed by atoms with Crippen molar-refractivity contribution in [1.82, 2.24) is 10.2 Å². The summed E-state index contributed by atoms with van der Waals surface area (Å²) in [6.45, 7) is 1.95. The Hall–Kier alpha value is -1.88. The Morgan fingerprint density at radius 1 is 1.59 bits per heavy atom. The van der Waals surface area contributed by atoms with Crippen LogP contribution in [0.2, 0.25) is 0 Å². The van der Waals surface area contributed by atoms with Crippen LogP contribution in [0, 0.1) is 6.92 Å². The summed E-state index contributed by atoms with van der Waals surface area (Å²) in [5.74, 6) is -0.616. The van der Waals surface area contributed by atoms with E-state index in [1.165, 1.54) is 7.11 Å². The molecular formula is C12H14N2O3. The molecule has 17 heavy (non-hydrogen) atoms. The van der Waals surface area contributed by atoms with E-state index in [9.17, 15) is 9.90 Å². The van der Waals surface area contributed by atoms with Crippen LogP contribution in [-0.4, -0.2) is 34.5 Å². The van der Waals surface area contributed by atoms with Gasteiger partial charge in [0.2, 0.25) is 0 Å². The van der Waals surface area contributed by atoms with Crippen molar-refractivity contribution < 1.29 is 14.6 Å². The van der Waals surface area contributed by atoms with E-state index in [0.717, 1.165) is 22.0 Å². The van der Waals surface area contributed by atoms with Gasteiger partial charge < -0.3 is 9.84 Å². The van der Waals surface area contributed by atoms with Crippen molar-refractivity contribution in [2.75, 3.05) is 7.11 Å². The SMILES string of the molecule is COC(=O)C(O)Cc1cc(C)c2[nH]ncc2c1. The highest BCUT2D eigenvalue weighted by molar-refractivity contribution is 5.82. The summed E-state index contributed by atoms with van der Waals surface area (Å²) in [6.07, 6.45) is 0.842. The van der Waals surface area contributed by atoms with Crippen LogP contribution < -0.4 is 0 Å². The van der Waals surface area contributed by atoms with E-state index in [1.807, 2.05) is 19.1 Å². The van der Waals surface area contributed by atoms with Gasteiger partial charge in [0.05, 0.1) is 18.8 Å². The number of aromatic nitrogens is 2. The highest BCUT2D eigenvalue weighted by atomic mass is 16.5. The van der Waals surface area contributed by atoms with E-state index in [1.54, 1.807) is 6.20 Å². The number of carbonyl (C=O) groups is 1. The number of hydrogen-bond acceptors (Lipinski definition) is 4. The number of methoxy groups -OCH3 is 1. The third kappa shape index (κ3) is 2.29. The minimum Gasteiger partial charge on any atom is -0.467 e. The van der Waals surface area contributed by atoms with Gasteiger partial charge in [-0.25, -0.2) is 4.79 Å². The number of rotatable bonds is 3. The maximum Gasteiger partial charge on any atom is 0.335 e. The summed E-state index contributed by atoms with van der Waals surface area (Å²) in [6, 6.07) is 3.82. The molecule has 90 valence electrons. The van der Waals surface area contributed by atoms with Gasteiger partial charge >= 0.3 is 5.97 Å². The fraction of sp³-hybridized carbons (Fsp3) is 0.333. The number of carbonyl (C=O) groups excluding carboxylic acids is 1. The number of fused-ring (bicyclic) bond motifs is 1. The molecule has 1 aromatic carbocycles. The molecule has 2 aromatic rings. The number of esters is 1. The quantitative estimate of drug-likeness (QED) is 0.775. The van der Waals surface area contributed by atoms with Crippen molar-refractivity contribution in [1.29, 1.82) is 0 Å². The lowest BCUT2D eigenvalue weighted by Crippen LogP contribution is -2.24. The number of aliphatic hydroxyl groups is 1. The molecule has 1 unspecified atom stereocenters. The largest absolute Gasteiger partial charge is 0.467 e. The number of H-pyrrole nitrogens is 1. The number of benzene rings is 1. The van der Waals surface area contributed by atoms with E-state index >= 15 is 0 Å². The van der Waals surface area contributed by atoms with Crippen LogP contribution in [0.1, 0.15) is 11.1 Å². The smallest absolute Gasteiger partial charge is 0.335 e. The third-order valence-electron chi connectivity index (χ3n) is 2.71. The second kappa shape index (κ2) is 4.55. The molecule has 0 spiro atoms. The second-order valence-electron chi connectivity index (χ2n) is 3.99. The Morgan fingerprint density at radius 2 is 2.35 bits per heavy atom. The first-order valence-corrected chi connectivity index (χ1v) is 5.30. The molecule has 0 saturated heterocycles. The third-order valence-corrected chi connectivity index (χ3v) is 2.71. The molecule has 0 aliphatic carbocycles. The Bertz CT molecular complexity index is 548. The standard InChI is InChI=1S/C12H14N2O3/c1-7-3-8(5-10(15)12(16)17-2)4-9-6-13-14-11(7)9/h3-4,6,10,15H,5H2,1-2H3,(H,13,14). The molecule has 0 fully saturated rings. The number of aryl methyl sites for hydroxylation is 1. The van der Waals surface area contributed by atoms with Gasteiger partial charge in [0.15, 0.2) is 6.10 Å². The van der Waals surface area contributed by atoms with Crippen LogP contribution >= 0.6 is 0 Å². The molecule has 1 atom stereocenters. The Balaban J connectivity index is 2.27. The molecular weight excluding hydrogens is 220 g/mol. The summed E-state index contributed by atoms with van der Waals surface area (Å²) in [4.78, 5) is 11.1. The monoisotopic (exact) mass is 234 g/mol. The van der Waals surface area contributed by atoms with Gasteiger partial charge in [0, 0.05) is 11.8 Å². The summed E-state index contributed by atoms with van der Waals surface area (Å²) >= 11 is 0. The number of hydrogen-bond donors (Lipinski definition) is 2. The van der Waals surface area contributed by atoms with E-state index < -0.39 is 12.1 Å². The van der Waals surface area contributed by atoms with Crippen molar-refractivity contribution in [3.63, 3.8) is 0 Å². The minimum atomic E-state index is -1.12. The first-order valence-electron chi connectivity index (χ1n) is 5.30. The van der Waals surface area contributed by atoms with E-state index in [-0.39, 0.29) is 6.42 Å². The average molecular weight is 234 g/mol. The van der Waals surface area contributed by atoms with Gasteiger partial charge in [-0.2, -0.15) is 5.10 Å². The zero-order valence-corrected chi connectivity index (χ0v) is 9.73. The van der Waals surface area contributed by atoms with Crippen molar-refractivity contribution in [3.05, 3.63) is 29.5 Å². The molecule has 0 amide bonds. The molecule has 1 aromatic heterocycles. The minimum absolute atomic E-state index is 0.245. The van der Waals surface area contributed by atoms with Gasteiger partial charge in [-0.1, -0.05) is 6.07 Å². The molecule has 2 rings (SSSR count). The molecule has 1 heterocycles. The highest BCUT2D eigenvalue weighted by Gasteiger charge is 2.16. The Labute approximate surface area is 98.4 Å². The molecule has 5 heteroatoms. The van der Waals surface area contributed by atoms with Gasteiger partial charge in [-0.15, -0.1) is 0 Å². The fourth-order valence-corrected chi connectivity index (χ4v) is 1.87. The Morgan fingerprint density at radius 3 is 3.06 bits per heavy atom. The highest BCUT2D eigenvalue weighted by Crippen LogP contribution is 2.19. The zero-order valence-electron chi connectivity index (χ0n) is 9.73. The Kier molecular flexibility index (Phi) is 3.10. The summed E-state index contributed by atoms with van der Waals surface area (Å²) in [7, 11) is 1.26. The lowest BCUT2D eigenvalue weighted by atomic mass is 10.0. The van der Waals surface area contributed by atoms with Crippen molar-refractivity contribution >= 4 is 16.9 Å². The van der Waals surface area contributed by atoms with E-state index in [2.05, 4.69) is 14.9 Å². The predicted molar refractivity (Wildman–Crippen MR) is 62.6 cm³/mol.